The zero-order valence-corrected chi connectivity index (χ0v) is 7.08. The van der Waals surface area contributed by atoms with Crippen molar-refractivity contribution in [2.24, 2.45) is 5.73 Å². The van der Waals surface area contributed by atoms with Gasteiger partial charge < -0.3 is 10.5 Å². The third-order valence-corrected chi connectivity index (χ3v) is 2.19. The molecule has 0 saturated carbocycles. The first-order valence-electron chi connectivity index (χ1n) is 4.08. The van der Waals surface area contributed by atoms with Crippen LogP contribution in [0.3, 0.4) is 0 Å². The van der Waals surface area contributed by atoms with Gasteiger partial charge >= 0.3 is 0 Å². The zero-order chi connectivity index (χ0) is 8.55. The smallest absolute Gasteiger partial charge is 0.213 e. The van der Waals surface area contributed by atoms with Crippen LogP contribution in [-0.4, -0.2) is 18.1 Å². The molecule has 0 aliphatic heterocycles. The van der Waals surface area contributed by atoms with Crippen LogP contribution in [0.1, 0.15) is 11.3 Å². The van der Waals surface area contributed by atoms with Crippen LogP contribution in [0.2, 0.25) is 0 Å². The van der Waals surface area contributed by atoms with E-state index in [1.807, 2.05) is 12.1 Å². The maximum atomic E-state index is 5.80. The van der Waals surface area contributed by atoms with Gasteiger partial charge in [0, 0.05) is 24.2 Å². The lowest BCUT2D eigenvalue weighted by molar-refractivity contribution is 0.396. The molecule has 0 radical (unpaired) electrons. The first-order valence-corrected chi connectivity index (χ1v) is 4.08. The lowest BCUT2D eigenvalue weighted by Crippen LogP contribution is -2.19. The molecule has 3 heteroatoms. The van der Waals surface area contributed by atoms with Crippen LogP contribution < -0.4 is 10.5 Å². The molecule has 12 heavy (non-hydrogen) atoms. The molecule has 0 aromatic carbocycles. The van der Waals surface area contributed by atoms with E-state index in [1.165, 1.54) is 5.56 Å². The summed E-state index contributed by atoms with van der Waals surface area (Å²) in [7, 11) is 1.63. The standard InChI is InChI=1S/C9H12N2O/c1-12-9-3-2-6-4-7(10)5-8(6)11-9/h2-3,7H,4-5,10H2,1H3. The van der Waals surface area contributed by atoms with Crippen LogP contribution in [0.4, 0.5) is 0 Å². The minimum absolute atomic E-state index is 0.250. The molecule has 0 fully saturated rings. The Bertz CT molecular complexity index is 299. The van der Waals surface area contributed by atoms with Crippen molar-refractivity contribution in [2.75, 3.05) is 7.11 Å². The Balaban J connectivity index is 2.35. The Morgan fingerprint density at radius 2 is 2.33 bits per heavy atom. The molecule has 1 aromatic heterocycles. The third kappa shape index (κ3) is 1.16. The van der Waals surface area contributed by atoms with Crippen molar-refractivity contribution in [1.29, 1.82) is 0 Å². The fourth-order valence-electron chi connectivity index (χ4n) is 1.59. The van der Waals surface area contributed by atoms with Crippen molar-refractivity contribution in [3.8, 4) is 5.88 Å². The van der Waals surface area contributed by atoms with Crippen LogP contribution >= 0.6 is 0 Å². The number of rotatable bonds is 1. The van der Waals surface area contributed by atoms with Gasteiger partial charge in [-0.1, -0.05) is 6.07 Å². The molecule has 0 bridgehead atoms. The van der Waals surface area contributed by atoms with E-state index >= 15 is 0 Å². The average molecular weight is 164 g/mol. The van der Waals surface area contributed by atoms with Gasteiger partial charge in [-0.05, 0) is 12.0 Å². The van der Waals surface area contributed by atoms with Crippen molar-refractivity contribution >= 4 is 0 Å². The second kappa shape index (κ2) is 2.75. The van der Waals surface area contributed by atoms with Gasteiger partial charge in [0.15, 0.2) is 0 Å². The molecule has 1 aliphatic carbocycles. The highest BCUT2D eigenvalue weighted by molar-refractivity contribution is 5.31. The van der Waals surface area contributed by atoms with Crippen molar-refractivity contribution in [3.63, 3.8) is 0 Å². The van der Waals surface area contributed by atoms with E-state index in [-0.39, 0.29) is 6.04 Å². The summed E-state index contributed by atoms with van der Waals surface area (Å²) in [5, 5.41) is 0. The summed E-state index contributed by atoms with van der Waals surface area (Å²) in [6.45, 7) is 0. The molecule has 0 amide bonds. The molecular formula is C9H12N2O. The molecule has 1 aromatic rings. The third-order valence-electron chi connectivity index (χ3n) is 2.19. The summed E-state index contributed by atoms with van der Waals surface area (Å²) < 4.78 is 5.02. The van der Waals surface area contributed by atoms with Gasteiger partial charge in [-0.25, -0.2) is 4.98 Å². The summed E-state index contributed by atoms with van der Waals surface area (Å²) in [5.74, 6) is 0.683. The van der Waals surface area contributed by atoms with Crippen molar-refractivity contribution in [2.45, 2.75) is 18.9 Å². The van der Waals surface area contributed by atoms with Crippen LogP contribution in [-0.2, 0) is 12.8 Å². The molecule has 0 spiro atoms. The van der Waals surface area contributed by atoms with Crippen LogP contribution in [0, 0.1) is 0 Å². The fraction of sp³-hybridized carbons (Fsp3) is 0.444. The molecular weight excluding hydrogens is 152 g/mol. The average Bonchev–Trinajstić information content (AvgIpc) is 2.43. The summed E-state index contributed by atoms with van der Waals surface area (Å²) in [6.07, 6.45) is 1.83. The number of aromatic nitrogens is 1. The second-order valence-corrected chi connectivity index (χ2v) is 3.13. The largest absolute Gasteiger partial charge is 0.481 e. The minimum atomic E-state index is 0.250. The van der Waals surface area contributed by atoms with Gasteiger partial charge in [0.05, 0.1) is 7.11 Å². The van der Waals surface area contributed by atoms with Gasteiger partial charge in [-0.15, -0.1) is 0 Å². The molecule has 64 valence electrons. The molecule has 2 rings (SSSR count). The number of hydrogen-bond donors (Lipinski definition) is 1. The normalized spacial score (nSPS) is 20.7. The van der Waals surface area contributed by atoms with Crippen LogP contribution in [0.5, 0.6) is 5.88 Å². The maximum Gasteiger partial charge on any atom is 0.213 e. The first kappa shape index (κ1) is 7.55. The predicted octanol–water partition coefficient (Wildman–Crippen LogP) is 0.516. The molecule has 1 heterocycles. The second-order valence-electron chi connectivity index (χ2n) is 3.13. The summed E-state index contributed by atoms with van der Waals surface area (Å²) in [6, 6.07) is 4.19. The van der Waals surface area contributed by atoms with Crippen molar-refractivity contribution in [3.05, 3.63) is 23.4 Å². The van der Waals surface area contributed by atoms with Gasteiger partial charge in [0.1, 0.15) is 0 Å². The lowest BCUT2D eigenvalue weighted by Gasteiger charge is -2.00. The van der Waals surface area contributed by atoms with E-state index in [0.29, 0.717) is 5.88 Å². The Hall–Kier alpha value is -1.09. The number of fused-ring (bicyclic) bond motifs is 1. The van der Waals surface area contributed by atoms with Gasteiger partial charge in [0.2, 0.25) is 5.88 Å². The number of nitrogens with zero attached hydrogens (tertiary/aromatic N) is 1. The fourth-order valence-corrected chi connectivity index (χ4v) is 1.59. The highest BCUT2D eigenvalue weighted by Crippen LogP contribution is 2.21. The van der Waals surface area contributed by atoms with E-state index in [4.69, 9.17) is 10.5 Å². The van der Waals surface area contributed by atoms with E-state index in [2.05, 4.69) is 4.98 Å². The first-order chi connectivity index (χ1) is 5.79. The predicted molar refractivity (Wildman–Crippen MR) is 46.2 cm³/mol. The van der Waals surface area contributed by atoms with Crippen LogP contribution in [0.25, 0.3) is 0 Å². The quantitative estimate of drug-likeness (QED) is 0.658. The Kier molecular flexibility index (Phi) is 1.73. The number of ether oxygens (including phenoxy) is 1. The Morgan fingerprint density at radius 3 is 3.08 bits per heavy atom. The van der Waals surface area contributed by atoms with E-state index < -0.39 is 0 Å². The number of pyridine rings is 1. The molecule has 1 aliphatic rings. The van der Waals surface area contributed by atoms with E-state index in [1.54, 1.807) is 7.11 Å². The highest BCUT2D eigenvalue weighted by atomic mass is 16.5. The van der Waals surface area contributed by atoms with Gasteiger partial charge in [0.25, 0.3) is 0 Å². The molecule has 2 N–H and O–H groups in total. The molecule has 1 unspecified atom stereocenters. The summed E-state index contributed by atoms with van der Waals surface area (Å²) >= 11 is 0. The van der Waals surface area contributed by atoms with E-state index in [9.17, 15) is 0 Å². The highest BCUT2D eigenvalue weighted by Gasteiger charge is 2.19. The van der Waals surface area contributed by atoms with Crippen LogP contribution in [0.15, 0.2) is 12.1 Å². The summed E-state index contributed by atoms with van der Waals surface area (Å²) in [4.78, 5) is 4.32. The monoisotopic (exact) mass is 164 g/mol. The zero-order valence-electron chi connectivity index (χ0n) is 7.08. The lowest BCUT2D eigenvalue weighted by atomic mass is 10.2. The molecule has 1 atom stereocenters. The molecule has 3 nitrogen and oxygen atoms in total. The number of hydrogen-bond acceptors (Lipinski definition) is 3. The molecule has 0 saturated heterocycles. The van der Waals surface area contributed by atoms with E-state index in [0.717, 1.165) is 18.5 Å². The maximum absolute atomic E-state index is 5.80. The summed E-state index contributed by atoms with van der Waals surface area (Å²) in [5.41, 5.74) is 8.16. The SMILES string of the molecule is COc1ccc2c(n1)CC(N)C2. The minimum Gasteiger partial charge on any atom is -0.481 e. The van der Waals surface area contributed by atoms with Crippen molar-refractivity contribution < 1.29 is 4.74 Å². The topological polar surface area (TPSA) is 48.1 Å². The number of nitrogens with two attached hydrogens (primary N) is 1. The Labute approximate surface area is 71.6 Å². The van der Waals surface area contributed by atoms with Gasteiger partial charge in [-0.2, -0.15) is 0 Å². The van der Waals surface area contributed by atoms with Gasteiger partial charge in [-0.3, -0.25) is 0 Å². The van der Waals surface area contributed by atoms with Crippen molar-refractivity contribution in [1.82, 2.24) is 4.98 Å². The Morgan fingerprint density at radius 1 is 1.50 bits per heavy atom. The number of methoxy groups -OCH3 is 1.